The molecule has 1 atom stereocenters. The summed E-state index contributed by atoms with van der Waals surface area (Å²) in [4.78, 5) is 1.26. The topological polar surface area (TPSA) is 46.2 Å². The van der Waals surface area contributed by atoms with E-state index in [9.17, 15) is 8.42 Å². The second kappa shape index (κ2) is 5.52. The van der Waals surface area contributed by atoms with Gasteiger partial charge in [-0.1, -0.05) is 28.1 Å². The minimum Gasteiger partial charge on any atom is -0.207 e. The van der Waals surface area contributed by atoms with Crippen molar-refractivity contribution < 1.29 is 8.42 Å². The van der Waals surface area contributed by atoms with Gasteiger partial charge in [0.15, 0.2) is 0 Å². The molecule has 0 bridgehead atoms. The molecule has 0 saturated carbocycles. The van der Waals surface area contributed by atoms with Gasteiger partial charge >= 0.3 is 0 Å². The fourth-order valence-corrected chi connectivity index (χ4v) is 4.16. The predicted molar refractivity (Wildman–Crippen MR) is 77.2 cm³/mol. The molecule has 0 saturated heterocycles. The molecule has 1 aromatic carbocycles. The summed E-state index contributed by atoms with van der Waals surface area (Å²) in [5.74, 6) is 0. The third-order valence-electron chi connectivity index (χ3n) is 2.41. The Morgan fingerprint density at radius 2 is 2.06 bits per heavy atom. The maximum atomic E-state index is 12.2. The third kappa shape index (κ3) is 3.20. The Morgan fingerprint density at radius 1 is 1.28 bits per heavy atom. The molecule has 0 aliphatic rings. The molecule has 0 unspecified atom stereocenters. The first-order valence-electron chi connectivity index (χ1n) is 5.30. The lowest BCUT2D eigenvalue weighted by Crippen LogP contribution is -2.26. The first-order valence-corrected chi connectivity index (χ1v) is 8.46. The lowest BCUT2D eigenvalue weighted by atomic mass is 10.3. The maximum Gasteiger partial charge on any atom is 0.241 e. The molecular weight excluding hydrogens is 334 g/mol. The Bertz CT molecular complexity index is 623. The van der Waals surface area contributed by atoms with Crippen molar-refractivity contribution in [2.45, 2.75) is 17.9 Å². The van der Waals surface area contributed by atoms with Gasteiger partial charge in [0, 0.05) is 9.35 Å². The van der Waals surface area contributed by atoms with Gasteiger partial charge < -0.3 is 0 Å². The molecule has 3 nitrogen and oxygen atoms in total. The van der Waals surface area contributed by atoms with E-state index in [-0.39, 0.29) is 10.9 Å². The lowest BCUT2D eigenvalue weighted by Gasteiger charge is -2.12. The maximum absolute atomic E-state index is 12.2. The summed E-state index contributed by atoms with van der Waals surface area (Å²) < 4.78 is 27.7. The van der Waals surface area contributed by atoms with Crippen LogP contribution in [0.15, 0.2) is 51.1 Å². The lowest BCUT2D eigenvalue weighted by molar-refractivity contribution is 0.568. The first kappa shape index (κ1) is 13.7. The molecule has 0 fully saturated rings. The molecule has 1 aromatic heterocycles. The van der Waals surface area contributed by atoms with Crippen LogP contribution in [0.1, 0.15) is 17.8 Å². The molecule has 6 heteroatoms. The molecule has 0 spiro atoms. The Morgan fingerprint density at radius 3 is 2.67 bits per heavy atom. The zero-order valence-electron chi connectivity index (χ0n) is 9.63. The van der Waals surface area contributed by atoms with Gasteiger partial charge in [-0.15, -0.1) is 11.3 Å². The third-order valence-corrected chi connectivity index (χ3v) is 5.49. The van der Waals surface area contributed by atoms with E-state index in [4.69, 9.17) is 0 Å². The van der Waals surface area contributed by atoms with E-state index in [1.807, 2.05) is 24.4 Å². The predicted octanol–water partition coefficient (Wildman–Crippen LogP) is 3.55. The summed E-state index contributed by atoms with van der Waals surface area (Å²) in [6.45, 7) is 1.83. The van der Waals surface area contributed by atoms with E-state index in [1.165, 1.54) is 11.3 Å². The molecule has 96 valence electrons. The van der Waals surface area contributed by atoms with Crippen molar-refractivity contribution in [3.05, 3.63) is 51.1 Å². The van der Waals surface area contributed by atoms with E-state index in [2.05, 4.69) is 20.7 Å². The minimum absolute atomic E-state index is 0.228. The van der Waals surface area contributed by atoms with Crippen molar-refractivity contribution in [1.29, 1.82) is 0 Å². The van der Waals surface area contributed by atoms with Crippen LogP contribution in [0.25, 0.3) is 0 Å². The molecule has 0 aliphatic carbocycles. The number of hydrogen-bond donors (Lipinski definition) is 1. The van der Waals surface area contributed by atoms with Gasteiger partial charge in [0.05, 0.1) is 10.9 Å². The molecule has 0 aliphatic heterocycles. The normalized spacial score (nSPS) is 13.4. The van der Waals surface area contributed by atoms with E-state index in [0.717, 1.165) is 9.35 Å². The van der Waals surface area contributed by atoms with E-state index in [1.54, 1.807) is 24.3 Å². The highest BCUT2D eigenvalue weighted by Gasteiger charge is 2.18. The van der Waals surface area contributed by atoms with Crippen LogP contribution >= 0.6 is 27.3 Å². The largest absolute Gasteiger partial charge is 0.241 e. The van der Waals surface area contributed by atoms with Crippen molar-refractivity contribution in [2.75, 3.05) is 0 Å². The van der Waals surface area contributed by atoms with Crippen molar-refractivity contribution in [2.24, 2.45) is 0 Å². The van der Waals surface area contributed by atoms with Crippen LogP contribution < -0.4 is 4.72 Å². The molecule has 0 amide bonds. The Hall–Kier alpha value is -0.690. The Labute approximate surface area is 119 Å². The fraction of sp³-hybridized carbons (Fsp3) is 0.167. The molecule has 1 heterocycles. The first-order chi connectivity index (χ1) is 8.49. The second-order valence-corrected chi connectivity index (χ2v) is 7.42. The highest BCUT2D eigenvalue weighted by molar-refractivity contribution is 9.10. The zero-order chi connectivity index (χ0) is 13.2. The van der Waals surface area contributed by atoms with Crippen molar-refractivity contribution >= 4 is 37.3 Å². The van der Waals surface area contributed by atoms with Gasteiger partial charge in [-0.05, 0) is 36.6 Å². The van der Waals surface area contributed by atoms with Crippen LogP contribution in [0.4, 0.5) is 0 Å². The van der Waals surface area contributed by atoms with E-state index >= 15 is 0 Å². The Kier molecular flexibility index (Phi) is 4.21. The molecule has 0 radical (unpaired) electrons. The van der Waals surface area contributed by atoms with E-state index in [0.29, 0.717) is 0 Å². The summed E-state index contributed by atoms with van der Waals surface area (Å²) in [7, 11) is -3.48. The number of nitrogens with one attached hydrogen (secondary N) is 1. The zero-order valence-corrected chi connectivity index (χ0v) is 12.8. The SMILES string of the molecule is C[C@@H](NS(=O)(=O)c1cccc(Br)c1)c1cccs1. The van der Waals surface area contributed by atoms with Crippen LogP contribution in [0.2, 0.25) is 0 Å². The number of sulfonamides is 1. The van der Waals surface area contributed by atoms with Gasteiger partial charge in [-0.3, -0.25) is 0 Å². The van der Waals surface area contributed by atoms with Crippen LogP contribution in [-0.4, -0.2) is 8.42 Å². The molecular formula is C12H12BrNO2S2. The number of benzene rings is 1. The Balaban J connectivity index is 2.22. The summed E-state index contributed by atoms with van der Waals surface area (Å²) in [6.07, 6.45) is 0. The highest BCUT2D eigenvalue weighted by atomic mass is 79.9. The molecule has 1 N–H and O–H groups in total. The smallest absolute Gasteiger partial charge is 0.207 e. The second-order valence-electron chi connectivity index (χ2n) is 3.82. The summed E-state index contributed by atoms with van der Waals surface area (Å²) in [5, 5.41) is 1.93. The fourth-order valence-electron chi connectivity index (χ4n) is 1.53. The van der Waals surface area contributed by atoms with Gasteiger partial charge in [0.2, 0.25) is 10.0 Å². The summed E-state index contributed by atoms with van der Waals surface area (Å²) in [5.41, 5.74) is 0. The minimum atomic E-state index is -3.48. The molecule has 18 heavy (non-hydrogen) atoms. The number of hydrogen-bond acceptors (Lipinski definition) is 3. The number of rotatable bonds is 4. The van der Waals surface area contributed by atoms with Crippen LogP contribution in [-0.2, 0) is 10.0 Å². The van der Waals surface area contributed by atoms with Gasteiger partial charge in [0.25, 0.3) is 0 Å². The van der Waals surface area contributed by atoms with Gasteiger partial charge in [0.1, 0.15) is 0 Å². The van der Waals surface area contributed by atoms with Crippen LogP contribution in [0.3, 0.4) is 0 Å². The van der Waals surface area contributed by atoms with Crippen molar-refractivity contribution in [1.82, 2.24) is 4.72 Å². The number of thiophene rings is 1. The standard InChI is InChI=1S/C12H12BrNO2S2/c1-9(12-6-3-7-17-12)14-18(15,16)11-5-2-4-10(13)8-11/h2-9,14H,1H3/t9-/m1/s1. The summed E-state index contributed by atoms with van der Waals surface area (Å²) in [6, 6.07) is 10.3. The van der Waals surface area contributed by atoms with E-state index < -0.39 is 10.0 Å². The van der Waals surface area contributed by atoms with Crippen molar-refractivity contribution in [3.63, 3.8) is 0 Å². The van der Waals surface area contributed by atoms with Crippen LogP contribution in [0.5, 0.6) is 0 Å². The quantitative estimate of drug-likeness (QED) is 0.920. The van der Waals surface area contributed by atoms with Gasteiger partial charge in [-0.25, -0.2) is 13.1 Å². The molecule has 2 rings (SSSR count). The highest BCUT2D eigenvalue weighted by Crippen LogP contribution is 2.22. The molecule has 2 aromatic rings. The summed E-state index contributed by atoms with van der Waals surface area (Å²) >= 11 is 4.80. The van der Waals surface area contributed by atoms with Crippen molar-refractivity contribution in [3.8, 4) is 0 Å². The number of halogens is 1. The monoisotopic (exact) mass is 345 g/mol. The average Bonchev–Trinajstić information content (AvgIpc) is 2.82. The van der Waals surface area contributed by atoms with Gasteiger partial charge in [-0.2, -0.15) is 0 Å². The van der Waals surface area contributed by atoms with Crippen LogP contribution in [0, 0.1) is 0 Å². The average molecular weight is 346 g/mol.